The Kier molecular flexibility index (Phi) is 6.83. The Bertz CT molecular complexity index is 1600. The molecule has 0 saturated carbocycles. The van der Waals surface area contributed by atoms with Crippen LogP contribution >= 0.6 is 11.3 Å². The number of nitrogens with one attached hydrogen (secondary N) is 2. The van der Waals surface area contributed by atoms with Gasteiger partial charge in [-0.15, -0.1) is 0 Å². The van der Waals surface area contributed by atoms with Gasteiger partial charge in [0.2, 0.25) is 0 Å². The summed E-state index contributed by atoms with van der Waals surface area (Å²) in [6, 6.07) is 24.2. The Hall–Kier alpha value is -4.69. The number of hydrogen-bond donors (Lipinski definition) is 2. The second-order valence-corrected chi connectivity index (χ2v) is 9.41. The number of amides is 2. The Morgan fingerprint density at radius 1 is 0.757 bits per heavy atom. The fourth-order valence-electron chi connectivity index (χ4n) is 3.86. The van der Waals surface area contributed by atoms with E-state index in [1.54, 1.807) is 43.6 Å². The number of carbonyl (C=O) groups is 2. The molecule has 2 aromatic carbocycles. The smallest absolute Gasteiger partial charge is 0.259 e. The molecular formula is C29H23N5O2S. The highest BCUT2D eigenvalue weighted by Gasteiger charge is 2.19. The van der Waals surface area contributed by atoms with Crippen molar-refractivity contribution >= 4 is 34.1 Å². The van der Waals surface area contributed by atoms with Crippen LogP contribution in [0.15, 0.2) is 91.3 Å². The van der Waals surface area contributed by atoms with E-state index in [1.807, 2.05) is 55.5 Å². The normalized spacial score (nSPS) is 10.6. The average Bonchev–Trinajstić information content (AvgIpc) is 3.33. The van der Waals surface area contributed by atoms with Gasteiger partial charge in [-0.2, -0.15) is 0 Å². The predicted molar refractivity (Wildman–Crippen MR) is 147 cm³/mol. The minimum absolute atomic E-state index is 0.242. The lowest BCUT2D eigenvalue weighted by Gasteiger charge is -2.07. The van der Waals surface area contributed by atoms with Gasteiger partial charge in [0.1, 0.15) is 5.82 Å². The van der Waals surface area contributed by atoms with Crippen molar-refractivity contribution in [1.29, 1.82) is 0 Å². The molecule has 2 amide bonds. The number of carbonyl (C=O) groups excluding carboxylic acids is 2. The maximum Gasteiger partial charge on any atom is 0.259 e. The standard InChI is InChI=1S/C29H23N5O2S/c1-18-8-6-11-21(16-18)25-26(37-29(33-25)34-28(36)23-12-7-14-30-19(23)2)22-13-15-31-24(17-22)32-27(35)20-9-4-3-5-10-20/h3-17H,1-2H3,(H,31,32,35)(H,33,34,36). The molecule has 0 aliphatic rings. The number of pyridine rings is 2. The zero-order valence-corrected chi connectivity index (χ0v) is 21.0. The lowest BCUT2D eigenvalue weighted by molar-refractivity contribution is 0.101. The summed E-state index contributed by atoms with van der Waals surface area (Å²) in [5, 5.41) is 6.25. The summed E-state index contributed by atoms with van der Waals surface area (Å²) in [5.41, 5.74) is 5.26. The molecule has 0 aliphatic carbocycles. The minimum atomic E-state index is -0.271. The molecule has 7 nitrogen and oxygen atoms in total. The number of anilines is 2. The highest BCUT2D eigenvalue weighted by Crippen LogP contribution is 2.40. The summed E-state index contributed by atoms with van der Waals surface area (Å²) >= 11 is 1.36. The highest BCUT2D eigenvalue weighted by molar-refractivity contribution is 7.19. The SMILES string of the molecule is Cc1cccc(-c2nc(NC(=O)c3cccnc3C)sc2-c2ccnc(NC(=O)c3ccccc3)c2)c1. The molecule has 0 aliphatic heterocycles. The number of aromatic nitrogens is 3. The van der Waals surface area contributed by atoms with Gasteiger partial charge in [-0.25, -0.2) is 9.97 Å². The van der Waals surface area contributed by atoms with Crippen molar-refractivity contribution in [2.24, 2.45) is 0 Å². The number of thiazole rings is 1. The van der Waals surface area contributed by atoms with Crippen LogP contribution in [0.3, 0.4) is 0 Å². The van der Waals surface area contributed by atoms with Gasteiger partial charge in [0.05, 0.1) is 16.1 Å². The van der Waals surface area contributed by atoms with Crippen LogP contribution < -0.4 is 10.6 Å². The van der Waals surface area contributed by atoms with Crippen molar-refractivity contribution in [3.63, 3.8) is 0 Å². The summed E-state index contributed by atoms with van der Waals surface area (Å²) < 4.78 is 0. The quantitative estimate of drug-likeness (QED) is 0.279. The molecule has 0 saturated heterocycles. The van der Waals surface area contributed by atoms with E-state index in [2.05, 4.69) is 26.7 Å². The molecule has 182 valence electrons. The Labute approximate surface area is 218 Å². The van der Waals surface area contributed by atoms with E-state index in [0.717, 1.165) is 27.3 Å². The summed E-state index contributed by atoms with van der Waals surface area (Å²) in [6.07, 6.45) is 3.30. The molecule has 3 heterocycles. The molecule has 0 unspecified atom stereocenters. The molecule has 0 bridgehead atoms. The van der Waals surface area contributed by atoms with Crippen LogP contribution in [0.2, 0.25) is 0 Å². The van der Waals surface area contributed by atoms with Gasteiger partial charge < -0.3 is 5.32 Å². The Morgan fingerprint density at radius 2 is 1.59 bits per heavy atom. The summed E-state index contributed by atoms with van der Waals surface area (Å²) in [6.45, 7) is 3.82. The van der Waals surface area contributed by atoms with E-state index in [9.17, 15) is 9.59 Å². The first-order chi connectivity index (χ1) is 18.0. The van der Waals surface area contributed by atoms with Gasteiger partial charge in [0, 0.05) is 29.2 Å². The van der Waals surface area contributed by atoms with Crippen LogP contribution in [0, 0.1) is 13.8 Å². The Morgan fingerprint density at radius 3 is 2.38 bits per heavy atom. The number of benzene rings is 2. The zero-order chi connectivity index (χ0) is 25.8. The van der Waals surface area contributed by atoms with Crippen LogP contribution in [-0.4, -0.2) is 26.8 Å². The van der Waals surface area contributed by atoms with Gasteiger partial charge in [0.15, 0.2) is 5.13 Å². The monoisotopic (exact) mass is 505 g/mol. The largest absolute Gasteiger partial charge is 0.307 e. The third-order valence-corrected chi connectivity index (χ3v) is 6.71. The van der Waals surface area contributed by atoms with E-state index in [4.69, 9.17) is 4.98 Å². The molecule has 3 aromatic heterocycles. The molecule has 0 fully saturated rings. The van der Waals surface area contributed by atoms with E-state index in [-0.39, 0.29) is 11.8 Å². The zero-order valence-electron chi connectivity index (χ0n) is 20.2. The van der Waals surface area contributed by atoms with Crippen LogP contribution in [-0.2, 0) is 0 Å². The van der Waals surface area contributed by atoms with Crippen molar-refractivity contribution < 1.29 is 9.59 Å². The molecule has 5 aromatic rings. The van der Waals surface area contributed by atoms with Crippen LogP contribution in [0.25, 0.3) is 21.7 Å². The minimum Gasteiger partial charge on any atom is -0.307 e. The van der Waals surface area contributed by atoms with Crippen LogP contribution in [0.1, 0.15) is 32.0 Å². The van der Waals surface area contributed by atoms with Crippen LogP contribution in [0.4, 0.5) is 10.9 Å². The first-order valence-electron chi connectivity index (χ1n) is 11.6. The van der Waals surface area contributed by atoms with E-state index >= 15 is 0 Å². The van der Waals surface area contributed by atoms with Gasteiger partial charge in [-0.1, -0.05) is 53.3 Å². The molecule has 37 heavy (non-hydrogen) atoms. The summed E-state index contributed by atoms with van der Waals surface area (Å²) in [5.74, 6) is -0.0907. The number of aryl methyl sites for hydroxylation is 2. The first-order valence-corrected chi connectivity index (χ1v) is 12.4. The maximum absolute atomic E-state index is 13.0. The number of hydrogen-bond acceptors (Lipinski definition) is 6. The molecule has 0 atom stereocenters. The topological polar surface area (TPSA) is 96.9 Å². The fourth-order valence-corrected chi connectivity index (χ4v) is 4.84. The van der Waals surface area contributed by atoms with Crippen molar-refractivity contribution in [1.82, 2.24) is 15.0 Å². The lowest BCUT2D eigenvalue weighted by Crippen LogP contribution is -2.13. The fraction of sp³-hybridized carbons (Fsp3) is 0.0690. The van der Waals surface area contributed by atoms with Crippen molar-refractivity contribution in [2.75, 3.05) is 10.6 Å². The number of rotatable bonds is 6. The van der Waals surface area contributed by atoms with Crippen LogP contribution in [0.5, 0.6) is 0 Å². The van der Waals surface area contributed by atoms with Crippen molar-refractivity contribution in [2.45, 2.75) is 13.8 Å². The van der Waals surface area contributed by atoms with Gasteiger partial charge in [-0.05, 0) is 61.9 Å². The molecule has 5 rings (SSSR count). The molecule has 2 N–H and O–H groups in total. The van der Waals surface area contributed by atoms with E-state index < -0.39 is 0 Å². The average molecular weight is 506 g/mol. The summed E-state index contributed by atoms with van der Waals surface area (Å²) in [7, 11) is 0. The molecule has 8 heteroatoms. The highest BCUT2D eigenvalue weighted by atomic mass is 32.1. The third kappa shape index (κ3) is 5.44. The first kappa shape index (κ1) is 24.0. The van der Waals surface area contributed by atoms with E-state index in [0.29, 0.717) is 27.8 Å². The second kappa shape index (κ2) is 10.5. The van der Waals surface area contributed by atoms with Gasteiger partial charge in [-0.3, -0.25) is 19.9 Å². The van der Waals surface area contributed by atoms with Crippen molar-refractivity contribution in [3.8, 4) is 21.7 Å². The van der Waals surface area contributed by atoms with E-state index in [1.165, 1.54) is 11.3 Å². The molecule has 0 radical (unpaired) electrons. The van der Waals surface area contributed by atoms with Gasteiger partial charge >= 0.3 is 0 Å². The maximum atomic E-state index is 13.0. The molecule has 0 spiro atoms. The Balaban J connectivity index is 1.51. The molecular weight excluding hydrogens is 482 g/mol. The van der Waals surface area contributed by atoms with Crippen molar-refractivity contribution in [3.05, 3.63) is 114 Å². The number of nitrogens with zero attached hydrogens (tertiary/aromatic N) is 3. The summed E-state index contributed by atoms with van der Waals surface area (Å²) in [4.78, 5) is 39.8. The predicted octanol–water partition coefficient (Wildman–Crippen LogP) is 6.39. The second-order valence-electron chi connectivity index (χ2n) is 8.41. The van der Waals surface area contributed by atoms with Gasteiger partial charge in [0.25, 0.3) is 11.8 Å². The lowest BCUT2D eigenvalue weighted by atomic mass is 10.1. The third-order valence-electron chi connectivity index (χ3n) is 5.69.